The summed E-state index contributed by atoms with van der Waals surface area (Å²) in [5, 5.41) is 12.5. The van der Waals surface area contributed by atoms with Crippen LogP contribution in [0, 0.1) is 18.3 Å². The Morgan fingerprint density at radius 1 is 1.35 bits per heavy atom. The summed E-state index contributed by atoms with van der Waals surface area (Å²) in [4.78, 5) is 15.2. The quantitative estimate of drug-likeness (QED) is 0.846. The second-order valence-electron chi connectivity index (χ2n) is 9.17. The van der Waals surface area contributed by atoms with Gasteiger partial charge in [0.15, 0.2) is 5.69 Å². The van der Waals surface area contributed by atoms with Crippen LogP contribution in [0.4, 0.5) is 0 Å². The lowest BCUT2D eigenvalue weighted by Crippen LogP contribution is -2.47. The van der Waals surface area contributed by atoms with E-state index < -0.39 is 0 Å². The minimum Gasteiger partial charge on any atom is -0.332 e. The van der Waals surface area contributed by atoms with Gasteiger partial charge < -0.3 is 4.90 Å². The Morgan fingerprint density at radius 2 is 2.04 bits per heavy atom. The first kappa shape index (κ1) is 18.6. The first-order valence-electron chi connectivity index (χ1n) is 9.24. The molecule has 1 atom stereocenters. The fourth-order valence-electron chi connectivity index (χ4n) is 4.02. The molecule has 3 rings (SSSR count). The van der Waals surface area contributed by atoms with Crippen molar-refractivity contribution in [3.63, 3.8) is 0 Å². The molecule has 1 aliphatic heterocycles. The molecule has 0 unspecified atom stereocenters. The third-order valence-electron chi connectivity index (χ3n) is 5.53. The second kappa shape index (κ2) is 6.21. The average molecular weight is 358 g/mol. The van der Waals surface area contributed by atoms with Gasteiger partial charge in [-0.3, -0.25) is 9.48 Å². The van der Waals surface area contributed by atoms with Crippen LogP contribution < -0.4 is 0 Å². The van der Waals surface area contributed by atoms with Crippen LogP contribution in [-0.4, -0.2) is 47.7 Å². The Balaban J connectivity index is 1.85. The molecule has 2 aromatic heterocycles. The van der Waals surface area contributed by atoms with E-state index in [-0.39, 0.29) is 16.9 Å². The maximum absolute atomic E-state index is 13.2. The van der Waals surface area contributed by atoms with Crippen LogP contribution in [0.3, 0.4) is 0 Å². The number of hydrogen-bond acceptors (Lipinski definition) is 4. The van der Waals surface area contributed by atoms with Gasteiger partial charge in [0.25, 0.3) is 5.91 Å². The van der Waals surface area contributed by atoms with Crippen molar-refractivity contribution in [2.45, 2.75) is 59.9 Å². The number of aromatic nitrogens is 5. The minimum atomic E-state index is -0.186. The topological polar surface area (TPSA) is 68.8 Å². The fourth-order valence-corrected chi connectivity index (χ4v) is 4.02. The summed E-state index contributed by atoms with van der Waals surface area (Å²) in [5.74, 6) is 0.458. The molecule has 0 aliphatic carbocycles. The molecule has 1 fully saturated rings. The number of likely N-dealkylation sites (tertiary alicyclic amines) is 1. The average Bonchev–Trinajstić information content (AvgIpc) is 3.16. The molecule has 0 radical (unpaired) electrons. The molecular formula is C19H30N6O. The number of aryl methyl sites for hydroxylation is 1. The van der Waals surface area contributed by atoms with Crippen LogP contribution >= 0.6 is 0 Å². The van der Waals surface area contributed by atoms with E-state index in [2.05, 4.69) is 50.0 Å². The lowest BCUT2D eigenvalue weighted by Gasteiger charge is -2.38. The molecule has 1 saturated heterocycles. The molecule has 0 spiro atoms. The van der Waals surface area contributed by atoms with Crippen molar-refractivity contribution in [1.82, 2.24) is 29.7 Å². The maximum atomic E-state index is 13.2. The summed E-state index contributed by atoms with van der Waals surface area (Å²) in [6, 6.07) is 0. The van der Waals surface area contributed by atoms with Crippen molar-refractivity contribution in [3.8, 4) is 5.69 Å². The van der Waals surface area contributed by atoms with Crippen molar-refractivity contribution >= 4 is 5.91 Å². The Kier molecular flexibility index (Phi) is 4.45. The molecule has 1 aliphatic rings. The van der Waals surface area contributed by atoms with Crippen LogP contribution in [0.5, 0.6) is 0 Å². The highest BCUT2D eigenvalue weighted by Gasteiger charge is 2.45. The van der Waals surface area contributed by atoms with Gasteiger partial charge in [-0.15, -0.1) is 5.10 Å². The van der Waals surface area contributed by atoms with Gasteiger partial charge >= 0.3 is 0 Å². The molecule has 2 aromatic rings. The third-order valence-corrected chi connectivity index (χ3v) is 5.53. The first-order valence-corrected chi connectivity index (χ1v) is 9.24. The van der Waals surface area contributed by atoms with E-state index in [1.54, 1.807) is 15.6 Å². The van der Waals surface area contributed by atoms with Gasteiger partial charge in [-0.2, -0.15) is 5.10 Å². The predicted molar refractivity (Wildman–Crippen MR) is 100 cm³/mol. The van der Waals surface area contributed by atoms with Gasteiger partial charge in [0.2, 0.25) is 0 Å². The van der Waals surface area contributed by atoms with E-state index >= 15 is 0 Å². The summed E-state index contributed by atoms with van der Waals surface area (Å²) in [6.07, 6.45) is 5.71. The molecule has 0 saturated carbocycles. The Labute approximate surface area is 155 Å². The SMILES string of the molecule is Cc1c(C(=O)N2CC[C@H](CC(C)(C)C)C2(C)C)nnn1-c1cnn(C)c1. The summed E-state index contributed by atoms with van der Waals surface area (Å²) in [5.41, 5.74) is 2.05. The van der Waals surface area contributed by atoms with Gasteiger partial charge in [0.1, 0.15) is 5.69 Å². The second-order valence-corrected chi connectivity index (χ2v) is 9.17. The fraction of sp³-hybridized carbons (Fsp3) is 0.684. The minimum absolute atomic E-state index is 0.0287. The Bertz CT molecular complexity index is 810. The first-order chi connectivity index (χ1) is 12.0. The zero-order valence-electron chi connectivity index (χ0n) is 16.9. The molecular weight excluding hydrogens is 328 g/mol. The zero-order chi connectivity index (χ0) is 19.3. The maximum Gasteiger partial charge on any atom is 0.276 e. The zero-order valence-corrected chi connectivity index (χ0v) is 16.9. The molecule has 3 heterocycles. The smallest absolute Gasteiger partial charge is 0.276 e. The van der Waals surface area contributed by atoms with E-state index in [0.29, 0.717) is 11.6 Å². The van der Waals surface area contributed by atoms with Gasteiger partial charge in [-0.05, 0) is 44.9 Å². The normalized spacial score (nSPS) is 20.0. The van der Waals surface area contributed by atoms with E-state index in [1.807, 2.05) is 25.1 Å². The monoisotopic (exact) mass is 358 g/mol. The van der Waals surface area contributed by atoms with Crippen LogP contribution in [-0.2, 0) is 7.05 Å². The lowest BCUT2D eigenvalue weighted by atomic mass is 9.76. The molecule has 7 heteroatoms. The van der Waals surface area contributed by atoms with Crippen LogP contribution in [0.15, 0.2) is 12.4 Å². The van der Waals surface area contributed by atoms with Gasteiger partial charge in [-0.1, -0.05) is 26.0 Å². The number of amides is 1. The number of carbonyl (C=O) groups is 1. The summed E-state index contributed by atoms with van der Waals surface area (Å²) in [6.45, 7) is 13.8. The molecule has 26 heavy (non-hydrogen) atoms. The van der Waals surface area contributed by atoms with Gasteiger partial charge in [0, 0.05) is 19.1 Å². The van der Waals surface area contributed by atoms with Gasteiger partial charge in [-0.25, -0.2) is 4.68 Å². The molecule has 7 nitrogen and oxygen atoms in total. The largest absolute Gasteiger partial charge is 0.332 e. The lowest BCUT2D eigenvalue weighted by molar-refractivity contribution is 0.0563. The predicted octanol–water partition coefficient (Wildman–Crippen LogP) is 2.99. The van der Waals surface area contributed by atoms with Crippen molar-refractivity contribution in [2.75, 3.05) is 6.54 Å². The summed E-state index contributed by atoms with van der Waals surface area (Å²) < 4.78 is 3.38. The van der Waals surface area contributed by atoms with Crippen molar-refractivity contribution in [2.24, 2.45) is 18.4 Å². The van der Waals surface area contributed by atoms with Crippen molar-refractivity contribution in [3.05, 3.63) is 23.8 Å². The number of nitrogens with zero attached hydrogens (tertiary/aromatic N) is 6. The standard InChI is InChI=1S/C19H30N6O/c1-13-16(21-22-25(13)15-11-20-23(7)12-15)17(26)24-9-8-14(19(24,5)6)10-18(2,3)4/h11-12,14H,8-10H2,1-7H3/t14-/m1/s1. The number of hydrogen-bond donors (Lipinski definition) is 0. The highest BCUT2D eigenvalue weighted by Crippen LogP contribution is 2.42. The molecule has 142 valence electrons. The summed E-state index contributed by atoms with van der Waals surface area (Å²) >= 11 is 0. The van der Waals surface area contributed by atoms with E-state index in [9.17, 15) is 4.79 Å². The molecule has 0 N–H and O–H groups in total. The summed E-state index contributed by atoms with van der Waals surface area (Å²) in [7, 11) is 1.85. The number of carbonyl (C=O) groups excluding carboxylic acids is 1. The van der Waals surface area contributed by atoms with Crippen LogP contribution in [0.2, 0.25) is 0 Å². The van der Waals surface area contributed by atoms with Gasteiger partial charge in [0.05, 0.1) is 18.1 Å². The van der Waals surface area contributed by atoms with E-state index in [0.717, 1.165) is 30.8 Å². The highest BCUT2D eigenvalue weighted by atomic mass is 16.2. The van der Waals surface area contributed by atoms with Crippen LogP contribution in [0.1, 0.15) is 63.6 Å². The Morgan fingerprint density at radius 3 is 2.62 bits per heavy atom. The van der Waals surface area contributed by atoms with Crippen molar-refractivity contribution < 1.29 is 4.79 Å². The van der Waals surface area contributed by atoms with Crippen LogP contribution in [0.25, 0.3) is 5.69 Å². The Hall–Kier alpha value is -2.18. The third kappa shape index (κ3) is 3.27. The number of rotatable bonds is 3. The van der Waals surface area contributed by atoms with E-state index in [1.165, 1.54) is 0 Å². The van der Waals surface area contributed by atoms with Crippen molar-refractivity contribution in [1.29, 1.82) is 0 Å². The van der Waals surface area contributed by atoms with E-state index in [4.69, 9.17) is 0 Å². The molecule has 0 aromatic carbocycles. The highest BCUT2D eigenvalue weighted by molar-refractivity contribution is 5.94. The molecule has 1 amide bonds. The molecule has 0 bridgehead atoms.